The monoisotopic (exact) mass is 358 g/mol. The Balaban J connectivity index is 1.75. The van der Waals surface area contributed by atoms with Crippen LogP contribution in [0, 0.1) is 0 Å². The zero-order valence-electron chi connectivity index (χ0n) is 11.3. The van der Waals surface area contributed by atoms with Crippen molar-refractivity contribution in [3.8, 4) is 5.69 Å². The Morgan fingerprint density at radius 3 is 2.82 bits per heavy atom. The second-order valence-corrected chi connectivity index (χ2v) is 5.32. The lowest BCUT2D eigenvalue weighted by molar-refractivity contribution is 0.0949. The van der Waals surface area contributed by atoms with Crippen molar-refractivity contribution in [3.05, 3.63) is 64.7 Å². The molecule has 1 N–H and O–H groups in total. The van der Waals surface area contributed by atoms with E-state index in [0.717, 1.165) is 10.2 Å². The third-order valence-electron chi connectivity index (χ3n) is 2.94. The molecule has 1 aromatic carbocycles. The van der Waals surface area contributed by atoms with Gasteiger partial charge in [-0.1, -0.05) is 22.0 Å². The summed E-state index contributed by atoms with van der Waals surface area (Å²) in [5, 5.41) is 14.3. The smallest absolute Gasteiger partial charge is 0.251 e. The molecule has 0 radical (unpaired) electrons. The van der Waals surface area contributed by atoms with Crippen LogP contribution in [0.3, 0.4) is 0 Å². The molecule has 0 aliphatic rings. The Morgan fingerprint density at radius 1 is 1.23 bits per heavy atom. The SMILES string of the molecule is O=C(NCc1nnnn1-c1cccc(Br)c1)c1ccncc1. The van der Waals surface area contributed by atoms with Gasteiger partial charge in [0, 0.05) is 22.4 Å². The number of aromatic nitrogens is 5. The lowest BCUT2D eigenvalue weighted by atomic mass is 10.2. The maximum absolute atomic E-state index is 12.0. The van der Waals surface area contributed by atoms with Crippen LogP contribution in [-0.4, -0.2) is 31.1 Å². The van der Waals surface area contributed by atoms with Gasteiger partial charge in [-0.25, -0.2) is 0 Å². The molecule has 0 spiro atoms. The van der Waals surface area contributed by atoms with Gasteiger partial charge in [-0.2, -0.15) is 4.68 Å². The van der Waals surface area contributed by atoms with Crippen LogP contribution in [0.5, 0.6) is 0 Å². The third-order valence-corrected chi connectivity index (χ3v) is 3.43. The highest BCUT2D eigenvalue weighted by Crippen LogP contribution is 2.15. The number of amides is 1. The van der Waals surface area contributed by atoms with Gasteiger partial charge in [-0.05, 0) is 40.8 Å². The maximum atomic E-state index is 12.0. The van der Waals surface area contributed by atoms with Gasteiger partial charge < -0.3 is 5.32 Å². The molecule has 0 unspecified atom stereocenters. The third kappa shape index (κ3) is 3.17. The van der Waals surface area contributed by atoms with Gasteiger partial charge in [-0.15, -0.1) is 5.10 Å². The Labute approximate surface area is 134 Å². The van der Waals surface area contributed by atoms with E-state index in [9.17, 15) is 4.79 Å². The van der Waals surface area contributed by atoms with Crippen LogP contribution >= 0.6 is 15.9 Å². The highest BCUT2D eigenvalue weighted by molar-refractivity contribution is 9.10. The fraction of sp³-hybridized carbons (Fsp3) is 0.0714. The van der Waals surface area contributed by atoms with Gasteiger partial charge in [-0.3, -0.25) is 9.78 Å². The van der Waals surface area contributed by atoms with E-state index in [1.54, 1.807) is 29.2 Å². The van der Waals surface area contributed by atoms with Crippen LogP contribution in [0.1, 0.15) is 16.2 Å². The van der Waals surface area contributed by atoms with Crippen molar-refractivity contribution in [1.82, 2.24) is 30.5 Å². The Bertz CT molecular complexity index is 789. The van der Waals surface area contributed by atoms with Crippen LogP contribution in [0.25, 0.3) is 5.69 Å². The first kappa shape index (κ1) is 14.3. The van der Waals surface area contributed by atoms with E-state index in [1.807, 2.05) is 24.3 Å². The molecule has 0 aliphatic heterocycles. The lowest BCUT2D eigenvalue weighted by Gasteiger charge is -2.06. The van der Waals surface area contributed by atoms with Crippen LogP contribution in [-0.2, 0) is 6.54 Å². The zero-order valence-corrected chi connectivity index (χ0v) is 12.9. The van der Waals surface area contributed by atoms with E-state index in [4.69, 9.17) is 0 Å². The standard InChI is InChI=1S/C14H11BrN6O/c15-11-2-1-3-12(8-11)21-13(18-19-20-21)9-17-14(22)10-4-6-16-7-5-10/h1-8H,9H2,(H,17,22). The normalized spacial score (nSPS) is 10.4. The Hall–Kier alpha value is -2.61. The molecule has 0 saturated heterocycles. The predicted octanol–water partition coefficient (Wildman–Crippen LogP) is 1.75. The molecule has 2 aromatic heterocycles. The molecule has 0 fully saturated rings. The lowest BCUT2D eigenvalue weighted by Crippen LogP contribution is -2.24. The van der Waals surface area contributed by atoms with Gasteiger partial charge in [0.25, 0.3) is 5.91 Å². The van der Waals surface area contributed by atoms with Gasteiger partial charge in [0.1, 0.15) is 0 Å². The summed E-state index contributed by atoms with van der Waals surface area (Å²) in [6.45, 7) is 0.223. The molecule has 1 amide bonds. The van der Waals surface area contributed by atoms with E-state index in [1.165, 1.54) is 0 Å². The number of tetrazole rings is 1. The minimum Gasteiger partial charge on any atom is -0.345 e. The first-order chi connectivity index (χ1) is 10.7. The van der Waals surface area contributed by atoms with Crippen molar-refractivity contribution in [2.75, 3.05) is 0 Å². The molecule has 0 saturated carbocycles. The predicted molar refractivity (Wildman–Crippen MR) is 82.3 cm³/mol. The van der Waals surface area contributed by atoms with E-state index >= 15 is 0 Å². The van der Waals surface area contributed by atoms with Gasteiger partial charge in [0.2, 0.25) is 0 Å². The summed E-state index contributed by atoms with van der Waals surface area (Å²) in [7, 11) is 0. The van der Waals surface area contributed by atoms with Crippen LogP contribution < -0.4 is 5.32 Å². The van der Waals surface area contributed by atoms with E-state index in [-0.39, 0.29) is 12.5 Å². The minimum atomic E-state index is -0.203. The number of benzene rings is 1. The summed E-state index contributed by atoms with van der Waals surface area (Å²) in [5.41, 5.74) is 1.35. The summed E-state index contributed by atoms with van der Waals surface area (Å²) >= 11 is 3.41. The molecule has 8 heteroatoms. The second-order valence-electron chi connectivity index (χ2n) is 4.41. The summed E-state index contributed by atoms with van der Waals surface area (Å²) in [6, 6.07) is 10.9. The molecule has 7 nitrogen and oxygen atoms in total. The molecule has 2 heterocycles. The molecule has 3 aromatic rings. The summed E-state index contributed by atoms with van der Waals surface area (Å²) in [5.74, 6) is 0.340. The molecular weight excluding hydrogens is 348 g/mol. The van der Waals surface area contributed by atoms with Crippen molar-refractivity contribution >= 4 is 21.8 Å². The fourth-order valence-corrected chi connectivity index (χ4v) is 2.28. The average Bonchev–Trinajstić information content (AvgIpc) is 3.02. The zero-order chi connectivity index (χ0) is 15.4. The quantitative estimate of drug-likeness (QED) is 0.767. The first-order valence-electron chi connectivity index (χ1n) is 6.45. The summed E-state index contributed by atoms with van der Waals surface area (Å²) in [4.78, 5) is 15.9. The van der Waals surface area contributed by atoms with Gasteiger partial charge in [0.15, 0.2) is 5.82 Å². The number of carbonyl (C=O) groups is 1. The minimum absolute atomic E-state index is 0.203. The second kappa shape index (κ2) is 6.44. The van der Waals surface area contributed by atoms with Crippen molar-refractivity contribution in [3.63, 3.8) is 0 Å². The van der Waals surface area contributed by atoms with Gasteiger partial charge in [0.05, 0.1) is 12.2 Å². The average molecular weight is 359 g/mol. The van der Waals surface area contributed by atoms with E-state index in [2.05, 4.69) is 41.8 Å². The number of carbonyl (C=O) groups excluding carboxylic acids is 1. The first-order valence-corrected chi connectivity index (χ1v) is 7.25. The van der Waals surface area contributed by atoms with Crippen molar-refractivity contribution < 1.29 is 4.79 Å². The molecule has 0 atom stereocenters. The summed E-state index contributed by atoms with van der Waals surface area (Å²) < 4.78 is 2.50. The molecule has 22 heavy (non-hydrogen) atoms. The summed E-state index contributed by atoms with van der Waals surface area (Å²) in [6.07, 6.45) is 3.14. The number of hydrogen-bond acceptors (Lipinski definition) is 5. The Morgan fingerprint density at radius 2 is 2.05 bits per heavy atom. The van der Waals surface area contributed by atoms with Gasteiger partial charge >= 0.3 is 0 Å². The molecule has 0 aliphatic carbocycles. The van der Waals surface area contributed by atoms with Crippen LogP contribution in [0.15, 0.2) is 53.3 Å². The number of nitrogens with zero attached hydrogens (tertiary/aromatic N) is 5. The molecule has 110 valence electrons. The molecule has 3 rings (SSSR count). The fourth-order valence-electron chi connectivity index (χ4n) is 1.89. The number of nitrogens with one attached hydrogen (secondary N) is 1. The van der Waals surface area contributed by atoms with Crippen molar-refractivity contribution in [2.45, 2.75) is 6.54 Å². The molecule has 0 bridgehead atoms. The highest BCUT2D eigenvalue weighted by Gasteiger charge is 2.11. The number of halogens is 1. The number of rotatable bonds is 4. The largest absolute Gasteiger partial charge is 0.345 e. The highest BCUT2D eigenvalue weighted by atomic mass is 79.9. The van der Waals surface area contributed by atoms with E-state index < -0.39 is 0 Å². The van der Waals surface area contributed by atoms with Crippen LogP contribution in [0.4, 0.5) is 0 Å². The van der Waals surface area contributed by atoms with Crippen molar-refractivity contribution in [1.29, 1.82) is 0 Å². The topological polar surface area (TPSA) is 85.6 Å². The van der Waals surface area contributed by atoms with Crippen molar-refractivity contribution in [2.24, 2.45) is 0 Å². The number of hydrogen-bond donors (Lipinski definition) is 1. The number of pyridine rings is 1. The van der Waals surface area contributed by atoms with Crippen LogP contribution in [0.2, 0.25) is 0 Å². The maximum Gasteiger partial charge on any atom is 0.251 e. The van der Waals surface area contributed by atoms with E-state index in [0.29, 0.717) is 11.4 Å². The molecular formula is C14H11BrN6O. The Kier molecular flexibility index (Phi) is 4.19.